The van der Waals surface area contributed by atoms with Crippen molar-refractivity contribution in [3.05, 3.63) is 286 Å². The normalized spacial score (nSPS) is 17.8. The summed E-state index contributed by atoms with van der Waals surface area (Å²) in [6, 6.07) is 74.7. The lowest BCUT2D eigenvalue weighted by atomic mass is 9.84. The van der Waals surface area contributed by atoms with Gasteiger partial charge in [0, 0.05) is 108 Å². The fourth-order valence-electron chi connectivity index (χ4n) is 19.7. The quantitative estimate of drug-likeness (QED) is 0.00827. The molecule has 0 saturated carbocycles. The first kappa shape index (κ1) is 112. The molecule has 6 saturated heterocycles. The molecule has 31 nitrogen and oxygen atoms in total. The average Bonchev–Trinajstić information content (AvgIpc) is 1.51. The van der Waals surface area contributed by atoms with Crippen LogP contribution in [0, 0.1) is 17.9 Å². The number of benzene rings is 9. The minimum absolute atomic E-state index is 0.0118. The molecule has 3 aliphatic carbocycles. The summed E-state index contributed by atoms with van der Waals surface area (Å²) in [5, 5.41) is 32.7. The number of methoxy groups -OCH3 is 2. The first-order chi connectivity index (χ1) is 71.2. The third kappa shape index (κ3) is 28.9. The van der Waals surface area contributed by atoms with E-state index >= 15 is 0 Å². The van der Waals surface area contributed by atoms with Gasteiger partial charge >= 0.3 is 24.2 Å². The van der Waals surface area contributed by atoms with Gasteiger partial charge in [-0.05, 0) is 198 Å². The Morgan fingerprint density at radius 3 is 1.05 bits per heavy atom. The van der Waals surface area contributed by atoms with Gasteiger partial charge in [-0.25, -0.2) is 25.8 Å². The number of nitriles is 1. The summed E-state index contributed by atoms with van der Waals surface area (Å²) in [5.41, 5.74) is 17.2. The summed E-state index contributed by atoms with van der Waals surface area (Å²) in [5.74, 6) is 0.375. The number of carbonyl (C=O) groups is 11. The molecule has 34 heteroatoms. The number of nitrogens with zero attached hydrogens (tertiary/aromatic N) is 7. The zero-order chi connectivity index (χ0) is 106. The predicted octanol–water partition coefficient (Wildman–Crippen LogP) is 16.0. The number of hydrogen-bond acceptors (Lipinski definition) is 19. The van der Waals surface area contributed by atoms with Gasteiger partial charge in [-0.15, -0.1) is 11.6 Å². The van der Waals surface area contributed by atoms with Crippen molar-refractivity contribution in [2.24, 2.45) is 0 Å². The Balaban J connectivity index is 0.000000177. The minimum atomic E-state index is -1.00. The molecule has 7 atom stereocenters. The highest BCUT2D eigenvalue weighted by molar-refractivity contribution is 7.52. The molecular weight excluding hydrogens is 1900 g/mol. The average molecular weight is 2040 g/mol. The number of rotatable bonds is 22. The van der Waals surface area contributed by atoms with Gasteiger partial charge in [0.2, 0.25) is 47.9 Å². The van der Waals surface area contributed by atoms with E-state index in [2.05, 4.69) is 110 Å². The zero-order valence-corrected chi connectivity index (χ0v) is 86.1. The number of carbonyl (C=O) groups excluding carboxylic acids is 10. The maximum Gasteiger partial charge on any atom is 0.410 e. The van der Waals surface area contributed by atoms with Gasteiger partial charge in [-0.2, -0.15) is 5.26 Å². The highest BCUT2D eigenvalue weighted by Crippen LogP contribution is 2.49. The van der Waals surface area contributed by atoms with Crippen LogP contribution in [0.2, 0.25) is 0 Å². The van der Waals surface area contributed by atoms with E-state index in [0.717, 1.165) is 97.2 Å². The minimum Gasteiger partial charge on any atom is -0.497 e. The van der Waals surface area contributed by atoms with Crippen molar-refractivity contribution in [3.63, 3.8) is 0 Å². The van der Waals surface area contributed by atoms with E-state index in [1.807, 2.05) is 158 Å². The number of fused-ring (bicyclic) bond motifs is 9. The number of carboxylic acid groups (broad SMARTS) is 1. The highest BCUT2D eigenvalue weighted by atomic mass is 35.5. The fraction of sp³-hybridized carbons (Fsp3) is 0.402. The summed E-state index contributed by atoms with van der Waals surface area (Å²) >= 11 is 7.22. The molecule has 10 amide bonds. The van der Waals surface area contributed by atoms with Crippen LogP contribution in [0.15, 0.2) is 224 Å². The van der Waals surface area contributed by atoms with Crippen molar-refractivity contribution in [2.75, 3.05) is 142 Å². The Kier molecular flexibility index (Phi) is 44.1. The summed E-state index contributed by atoms with van der Waals surface area (Å²) in [4.78, 5) is 140. The van der Waals surface area contributed by atoms with Crippen LogP contribution in [0.25, 0.3) is 38.2 Å². The Hall–Kier alpha value is -14.3. The number of aliphatic carboxylic acids is 1. The lowest BCUT2D eigenvalue weighted by molar-refractivity contribution is -0.141. The predicted molar refractivity (Wildman–Crippen MR) is 560 cm³/mol. The van der Waals surface area contributed by atoms with Crippen molar-refractivity contribution < 1.29 is 91.8 Å². The van der Waals surface area contributed by atoms with Crippen molar-refractivity contribution >= 4 is 85.3 Å². The maximum atomic E-state index is 12.6. The van der Waals surface area contributed by atoms with Gasteiger partial charge in [0.15, 0.2) is 0 Å². The van der Waals surface area contributed by atoms with Crippen LogP contribution in [0.1, 0.15) is 160 Å². The summed E-state index contributed by atoms with van der Waals surface area (Å²) in [6.07, 6.45) is 8.59. The zero-order valence-electron chi connectivity index (χ0n) is 85.5. The number of likely N-dealkylation sites (N-methyl/N-ethyl adjacent to an activating group) is 5. The number of alkyl halides is 2. The van der Waals surface area contributed by atoms with Gasteiger partial charge in [0.25, 0.3) is 0 Å². The molecule has 6 aliphatic heterocycles. The molecule has 0 radical (unpaired) electrons. The number of nitrogens with one attached hydrogen (secondary N) is 6. The smallest absolute Gasteiger partial charge is 0.410 e. The number of carboxylic acids is 1. The van der Waals surface area contributed by atoms with Crippen LogP contribution in [0.5, 0.6) is 11.5 Å². The van der Waals surface area contributed by atoms with Crippen molar-refractivity contribution in [2.45, 2.75) is 150 Å². The molecule has 774 valence electrons. The SMILES string of the molecule is CC#N.CNC(=O)C1CCCN1.CNC(=O)C1CCCN1C(=O)OCC1c2ccccc2-c2ccccc21.CNC(=O)C1CCCN1C(=O)OCC1c2ccccc2-c2ccccc21.CNC(=O)C1CCCN1C(C)=O.COc1ccc(C(Cl)(c2ccccc2)c2ccc(OC)cc2)cc1.O=C(O)C1CCCN1C(=O)OCC1c2ccccc2-c2ccccc21.[2H]CF.[C-]#[N+]CCOP(C)CC(=O)N1CCCC1C(=O)NC. The molecule has 6 fully saturated rings. The number of halogens is 2. The Morgan fingerprint density at radius 2 is 0.747 bits per heavy atom. The number of hydrogen-bond donors (Lipinski definition) is 7. The molecule has 9 aromatic rings. The first-order valence-electron chi connectivity index (χ1n) is 49.7. The van der Waals surface area contributed by atoms with E-state index in [-0.39, 0.29) is 97.1 Å². The first-order valence-corrected chi connectivity index (χ1v) is 51.3. The third-order valence-electron chi connectivity index (χ3n) is 26.8. The van der Waals surface area contributed by atoms with Crippen LogP contribution in [0.3, 0.4) is 0 Å². The molecule has 0 bridgehead atoms. The summed E-state index contributed by atoms with van der Waals surface area (Å²) < 4.78 is 48.3. The van der Waals surface area contributed by atoms with Crippen molar-refractivity contribution in [3.8, 4) is 50.9 Å². The fourth-order valence-corrected chi connectivity index (χ4v) is 21.1. The number of amides is 10. The largest absolute Gasteiger partial charge is 0.497 e. The van der Waals surface area contributed by atoms with Gasteiger partial charge < -0.3 is 79.9 Å². The number of ether oxygens (including phenoxy) is 5. The lowest BCUT2D eigenvalue weighted by Crippen LogP contribution is -2.45. The van der Waals surface area contributed by atoms with Crippen molar-refractivity contribution in [1.29, 1.82) is 5.26 Å². The van der Waals surface area contributed by atoms with Crippen molar-refractivity contribution in [1.82, 2.24) is 56.4 Å². The van der Waals surface area contributed by atoms with Crippen LogP contribution in [0.4, 0.5) is 18.8 Å². The Labute approximate surface area is 862 Å². The highest BCUT2D eigenvalue weighted by Gasteiger charge is 2.43. The van der Waals surface area contributed by atoms with E-state index in [1.54, 1.807) is 75.1 Å². The molecule has 0 spiro atoms. The Bertz CT molecular complexity index is 5670. The lowest BCUT2D eigenvalue weighted by Gasteiger charge is -2.29. The molecule has 18 rings (SSSR count). The molecular formula is C112H134ClFN13O18P. The molecule has 9 aromatic carbocycles. The molecule has 7 unspecified atom stereocenters. The molecule has 0 aromatic heterocycles. The second-order valence-electron chi connectivity index (χ2n) is 35.3. The van der Waals surface area contributed by atoms with Gasteiger partial charge in [-0.3, -0.25) is 52.7 Å². The van der Waals surface area contributed by atoms with E-state index in [4.69, 9.17) is 53.0 Å². The van der Waals surface area contributed by atoms with Gasteiger partial charge in [0.1, 0.15) is 73.0 Å². The van der Waals surface area contributed by atoms with Crippen LogP contribution in [-0.4, -0.2) is 273 Å². The van der Waals surface area contributed by atoms with E-state index in [0.29, 0.717) is 77.7 Å². The third-order valence-corrected chi connectivity index (χ3v) is 28.8. The molecule has 9 aliphatic rings. The topological polar surface area (TPSA) is 380 Å². The number of likely N-dealkylation sites (tertiary alicyclic amines) is 5. The van der Waals surface area contributed by atoms with Crippen LogP contribution >= 0.6 is 19.7 Å². The molecule has 146 heavy (non-hydrogen) atoms. The van der Waals surface area contributed by atoms with Gasteiger partial charge in [-0.1, -0.05) is 200 Å². The monoisotopic (exact) mass is 2030 g/mol. The maximum absolute atomic E-state index is 12.6. The molecule has 6 heterocycles. The second-order valence-corrected chi connectivity index (χ2v) is 37.7. The molecule has 7 N–H and O–H groups in total. The summed E-state index contributed by atoms with van der Waals surface area (Å²) in [7, 11) is 9.50. The van der Waals surface area contributed by atoms with E-state index in [1.165, 1.54) is 74.4 Å². The van der Waals surface area contributed by atoms with Crippen LogP contribution in [-0.2, 0) is 62.0 Å². The second kappa shape index (κ2) is 57.4. The summed E-state index contributed by atoms with van der Waals surface area (Å²) in [6.45, 7) is 16.8. The van der Waals surface area contributed by atoms with Crippen LogP contribution < -0.4 is 41.4 Å². The standard InChI is InChI=1S/C21H19ClO2.2C21H22N2O3.C20H19NO4.C12H20N3O3P.C8H14N2O2.C6H12N2O.C2H3N.CH3F/c1-23-19-12-8-17(9-13-19)21(22,16-6-4-3-5-7-16)18-10-14-20(24-2)15-11-18;2*1-22-20(24)19-11-6-12-23(19)21(25)26-13-18-16-9-4-2-7-14(16)15-8-3-5-10-17(15)18;22-19(23)18-10-5-11-21(18)20(24)25-12-17-15-8-3-1-6-13(15)14-7-2-4-9-16(14)17;1-13-6-8-18-19(3)9-11(16)15-7-4-5-10(15)12(17)14-2;1-6(11)10-5-3-4-7(10)8(12)9-2;1-7-6(9)5-3-2-4-8-5;1-2-3;1-2/h3-15H,1-2H3;2*2-5,7-10,18-19H,6,11-13H2,1H3,(H,22,24);1-4,6-9,17-18H,5,10-12H2,(H,22,23);10H,4-9H2,2-3H3,(H,14,17);7H,3-5H2,1-2H3,(H,9,12);5,8H,2-4H2,1H3,(H,7,9);1H3;1H3/i;;;;;;;;1D. The van der Waals surface area contributed by atoms with Gasteiger partial charge in [0.05, 0.1) is 41.0 Å². The van der Waals surface area contributed by atoms with E-state index < -0.39 is 62.6 Å². The van der Waals surface area contributed by atoms with E-state index in [9.17, 15) is 62.2 Å². The Morgan fingerprint density at radius 1 is 0.459 bits per heavy atom.